The number of nitrogens with one attached hydrogen (secondary N) is 2. The number of halogens is 1. The van der Waals surface area contributed by atoms with Crippen molar-refractivity contribution in [1.29, 1.82) is 0 Å². The number of unbranched alkanes of at least 4 members (excludes halogenated alkanes) is 1. The normalized spacial score (nSPS) is 23.3. The number of rotatable bonds is 11. The molecule has 0 aromatic heterocycles. The highest BCUT2D eigenvalue weighted by molar-refractivity contribution is 5.76. The smallest absolute Gasteiger partial charge is 0.220 e. The molecule has 1 fully saturated rings. The number of nitrogens with zero attached hydrogens (tertiary/aromatic N) is 1. The molecule has 0 bridgehead atoms. The zero-order valence-electron chi connectivity index (χ0n) is 13.7. The lowest BCUT2D eigenvalue weighted by molar-refractivity contribution is -0.970. The summed E-state index contributed by atoms with van der Waals surface area (Å²) in [7, 11) is 1.93. The van der Waals surface area contributed by atoms with Gasteiger partial charge in [-0.3, -0.25) is 4.79 Å². The molecular weight excluding hydrogens is 306 g/mol. The van der Waals surface area contributed by atoms with Crippen molar-refractivity contribution in [2.75, 3.05) is 46.3 Å². The summed E-state index contributed by atoms with van der Waals surface area (Å²) >= 11 is 0. The summed E-state index contributed by atoms with van der Waals surface area (Å²) in [5.41, 5.74) is 0. The first kappa shape index (κ1) is 21.3. The predicted octanol–water partition coefficient (Wildman–Crippen LogP) is -3.33. The van der Waals surface area contributed by atoms with Gasteiger partial charge in [0.2, 0.25) is 5.91 Å². The topological polar surface area (TPSA) is 78.4 Å². The molecule has 3 N–H and O–H groups in total. The fraction of sp³-hybridized carbons (Fsp3) is 0.867. The highest BCUT2D eigenvalue weighted by atomic mass is 35.5. The van der Waals surface area contributed by atoms with Gasteiger partial charge >= 0.3 is 0 Å². The van der Waals surface area contributed by atoms with Gasteiger partial charge in [0.15, 0.2) is 6.10 Å². The Balaban J connectivity index is 0.00000441. The van der Waals surface area contributed by atoms with E-state index in [2.05, 4.69) is 10.6 Å². The first-order chi connectivity index (χ1) is 9.97. The largest absolute Gasteiger partial charge is 1.00 e. The Kier molecular flexibility index (Phi) is 10.6. The monoisotopic (exact) mass is 335 g/mol. The molecule has 0 aromatic carbocycles. The van der Waals surface area contributed by atoms with Gasteiger partial charge in [-0.2, -0.15) is 0 Å². The fourth-order valence-corrected chi connectivity index (χ4v) is 2.85. The van der Waals surface area contributed by atoms with Gasteiger partial charge < -0.3 is 37.4 Å². The lowest BCUT2D eigenvalue weighted by Gasteiger charge is -2.48. The van der Waals surface area contributed by atoms with Crippen LogP contribution in [0.25, 0.3) is 0 Å². The summed E-state index contributed by atoms with van der Waals surface area (Å²) < 4.78 is 0.882. The first-order valence-corrected chi connectivity index (χ1v) is 7.91. The number of carbonyl (C=O) groups excluding carboxylic acids is 2. The third-order valence-corrected chi connectivity index (χ3v) is 4.12. The number of Topliss-reactive ketones (excluding diaryl/α,β-unsaturated/α-hetero) is 1. The molecule has 0 aromatic rings. The Bertz CT molecular complexity index is 347. The highest BCUT2D eigenvalue weighted by Gasteiger charge is 2.41. The molecule has 0 unspecified atom stereocenters. The maximum atomic E-state index is 11.7. The van der Waals surface area contributed by atoms with E-state index in [1.165, 1.54) is 0 Å². The van der Waals surface area contributed by atoms with Crippen molar-refractivity contribution in [3.05, 3.63) is 0 Å². The Morgan fingerprint density at radius 1 is 1.14 bits per heavy atom. The van der Waals surface area contributed by atoms with E-state index in [0.29, 0.717) is 19.4 Å². The van der Waals surface area contributed by atoms with Crippen LogP contribution in [0.3, 0.4) is 0 Å². The SMILES string of the molecule is CNCC[N+]1(CCNC(=O)CCCCC(C)=O)CC(O)C1.[Cl-]. The quantitative estimate of drug-likeness (QED) is 0.273. The molecule has 6 nitrogen and oxygen atoms in total. The molecular formula is C15H30ClN3O3. The summed E-state index contributed by atoms with van der Waals surface area (Å²) in [4.78, 5) is 22.5. The molecule has 130 valence electrons. The number of hydrogen-bond acceptors (Lipinski definition) is 4. The lowest BCUT2D eigenvalue weighted by atomic mass is 10.1. The molecule has 1 heterocycles. The Morgan fingerprint density at radius 3 is 2.27 bits per heavy atom. The third kappa shape index (κ3) is 8.08. The van der Waals surface area contributed by atoms with Crippen LogP contribution < -0.4 is 23.0 Å². The summed E-state index contributed by atoms with van der Waals surface area (Å²) in [6.07, 6.45) is 2.42. The Morgan fingerprint density at radius 2 is 1.73 bits per heavy atom. The second-order valence-corrected chi connectivity index (χ2v) is 6.17. The molecule has 0 atom stereocenters. The second kappa shape index (κ2) is 10.9. The summed E-state index contributed by atoms with van der Waals surface area (Å²) in [6.45, 7) is 6.59. The van der Waals surface area contributed by atoms with E-state index in [4.69, 9.17) is 0 Å². The van der Waals surface area contributed by atoms with Crippen LogP contribution in [0.15, 0.2) is 0 Å². The average molecular weight is 336 g/mol. The number of aliphatic hydroxyl groups is 1. The maximum Gasteiger partial charge on any atom is 0.220 e. The zero-order chi connectivity index (χ0) is 15.7. The molecule has 1 rings (SSSR count). The Hall–Kier alpha value is -0.690. The molecule has 1 saturated heterocycles. The number of likely N-dealkylation sites (N-methyl/N-ethyl adjacent to an activating group) is 1. The minimum atomic E-state index is -0.191. The van der Waals surface area contributed by atoms with E-state index >= 15 is 0 Å². The van der Waals surface area contributed by atoms with Gasteiger partial charge in [0.25, 0.3) is 0 Å². The van der Waals surface area contributed by atoms with E-state index in [9.17, 15) is 14.7 Å². The van der Waals surface area contributed by atoms with Gasteiger partial charge in [-0.25, -0.2) is 0 Å². The molecule has 0 radical (unpaired) electrons. The summed E-state index contributed by atoms with van der Waals surface area (Å²) in [5.74, 6) is 0.245. The van der Waals surface area contributed by atoms with Crippen LogP contribution in [0.4, 0.5) is 0 Å². The molecule has 22 heavy (non-hydrogen) atoms. The third-order valence-electron chi connectivity index (χ3n) is 4.12. The molecule has 0 spiro atoms. The van der Waals surface area contributed by atoms with Crippen LogP contribution >= 0.6 is 0 Å². The summed E-state index contributed by atoms with van der Waals surface area (Å²) in [6, 6.07) is 0. The van der Waals surface area contributed by atoms with Crippen LogP contribution in [0.2, 0.25) is 0 Å². The van der Waals surface area contributed by atoms with Crippen LogP contribution in [0.5, 0.6) is 0 Å². The molecule has 0 saturated carbocycles. The van der Waals surface area contributed by atoms with Crippen LogP contribution in [-0.4, -0.2) is 73.7 Å². The van der Waals surface area contributed by atoms with Gasteiger partial charge in [0.05, 0.1) is 19.6 Å². The molecule has 1 aliphatic heterocycles. The van der Waals surface area contributed by atoms with Crippen molar-refractivity contribution in [2.24, 2.45) is 0 Å². The van der Waals surface area contributed by atoms with Crippen LogP contribution in [0, 0.1) is 0 Å². The number of amides is 1. The summed E-state index contributed by atoms with van der Waals surface area (Å²) in [5, 5.41) is 15.6. The van der Waals surface area contributed by atoms with Crippen LogP contribution in [0.1, 0.15) is 32.6 Å². The highest BCUT2D eigenvalue weighted by Crippen LogP contribution is 2.19. The van der Waals surface area contributed by atoms with Crippen molar-refractivity contribution in [3.63, 3.8) is 0 Å². The predicted molar refractivity (Wildman–Crippen MR) is 81.8 cm³/mol. The van der Waals surface area contributed by atoms with Gasteiger partial charge in [0, 0.05) is 19.4 Å². The zero-order valence-corrected chi connectivity index (χ0v) is 14.5. The number of carbonyl (C=O) groups is 2. The number of aliphatic hydroxyl groups excluding tert-OH is 1. The number of likely N-dealkylation sites (tertiary alicyclic amines) is 1. The minimum Gasteiger partial charge on any atom is -1.00 e. The lowest BCUT2D eigenvalue weighted by Crippen LogP contribution is -3.00. The van der Waals surface area contributed by atoms with Gasteiger partial charge in [-0.15, -0.1) is 0 Å². The Labute approximate surface area is 139 Å². The van der Waals surface area contributed by atoms with Crippen molar-refractivity contribution < 1.29 is 31.6 Å². The first-order valence-electron chi connectivity index (χ1n) is 7.91. The van der Waals surface area contributed by atoms with E-state index in [1.807, 2.05) is 7.05 Å². The van der Waals surface area contributed by atoms with Gasteiger partial charge in [0.1, 0.15) is 18.9 Å². The van der Waals surface area contributed by atoms with E-state index in [-0.39, 0.29) is 30.2 Å². The standard InChI is InChI=1S/C15H29N3O3.ClH/c1-13(19)5-3-4-6-15(21)17-8-10-18(9-7-16-2)11-14(20)12-18;/h14,16,20H,3-12H2,1-2H3;1H. The van der Waals surface area contributed by atoms with Gasteiger partial charge in [-0.05, 0) is 26.8 Å². The maximum absolute atomic E-state index is 11.7. The number of hydrogen-bond donors (Lipinski definition) is 3. The second-order valence-electron chi connectivity index (χ2n) is 6.17. The molecule has 1 aliphatic rings. The van der Waals surface area contributed by atoms with Crippen LogP contribution in [-0.2, 0) is 9.59 Å². The minimum absolute atomic E-state index is 0. The number of quaternary nitrogens is 1. The van der Waals surface area contributed by atoms with Crippen molar-refractivity contribution in [3.8, 4) is 0 Å². The van der Waals surface area contributed by atoms with Gasteiger partial charge in [-0.1, -0.05) is 0 Å². The van der Waals surface area contributed by atoms with Crippen molar-refractivity contribution in [1.82, 2.24) is 10.6 Å². The van der Waals surface area contributed by atoms with Crippen molar-refractivity contribution in [2.45, 2.75) is 38.7 Å². The molecule has 7 heteroatoms. The number of ketones is 1. The molecule has 0 aliphatic carbocycles. The fourth-order valence-electron chi connectivity index (χ4n) is 2.85. The average Bonchev–Trinajstić information content (AvgIpc) is 2.39. The molecule has 1 amide bonds. The van der Waals surface area contributed by atoms with E-state index in [1.54, 1.807) is 6.92 Å². The van der Waals surface area contributed by atoms with E-state index in [0.717, 1.165) is 50.0 Å². The van der Waals surface area contributed by atoms with Crippen molar-refractivity contribution >= 4 is 11.7 Å². The van der Waals surface area contributed by atoms with E-state index < -0.39 is 0 Å².